The van der Waals surface area contributed by atoms with E-state index in [2.05, 4.69) is 0 Å². The number of halogens is 3. The summed E-state index contributed by atoms with van der Waals surface area (Å²) in [5.74, 6) is -0.518. The fraction of sp³-hybridized carbons (Fsp3) is 0.923. The van der Waals surface area contributed by atoms with Gasteiger partial charge in [0.2, 0.25) is 5.91 Å². The maximum Gasteiger partial charge on any atom is 0.406 e. The van der Waals surface area contributed by atoms with Crippen LogP contribution in [0.4, 0.5) is 13.2 Å². The Hall–Kier alpha value is -0.780. The van der Waals surface area contributed by atoms with E-state index in [1.807, 2.05) is 20.8 Å². The SMILES string of the molecule is CCCN(CC(F)(F)F)C(=O)CC(N)CC(C)(C)C. The normalized spacial score (nSPS) is 14.3. The van der Waals surface area contributed by atoms with Crippen LogP contribution < -0.4 is 5.73 Å². The van der Waals surface area contributed by atoms with Crippen LogP contribution in [0.15, 0.2) is 0 Å². The zero-order valence-corrected chi connectivity index (χ0v) is 12.2. The van der Waals surface area contributed by atoms with Crippen molar-refractivity contribution in [2.24, 2.45) is 11.1 Å². The molecule has 3 nitrogen and oxygen atoms in total. The number of amides is 1. The minimum absolute atomic E-state index is 0.0344. The lowest BCUT2D eigenvalue weighted by molar-refractivity contribution is -0.161. The number of carbonyl (C=O) groups is 1. The zero-order chi connectivity index (χ0) is 15.3. The molecule has 1 amide bonds. The highest BCUT2D eigenvalue weighted by Crippen LogP contribution is 2.22. The second-order valence-electron chi connectivity index (χ2n) is 6.16. The first kappa shape index (κ1) is 18.2. The Morgan fingerprint density at radius 2 is 1.79 bits per heavy atom. The molecule has 1 atom stereocenters. The number of hydrogen-bond donors (Lipinski definition) is 1. The van der Waals surface area contributed by atoms with Crippen molar-refractivity contribution in [3.05, 3.63) is 0 Å². The Morgan fingerprint density at radius 1 is 1.26 bits per heavy atom. The molecular formula is C13H25F3N2O. The van der Waals surface area contributed by atoms with E-state index in [4.69, 9.17) is 5.73 Å². The van der Waals surface area contributed by atoms with Gasteiger partial charge in [-0.25, -0.2) is 0 Å². The van der Waals surface area contributed by atoms with Crippen LogP contribution in [0.25, 0.3) is 0 Å². The van der Waals surface area contributed by atoms with Crippen molar-refractivity contribution < 1.29 is 18.0 Å². The van der Waals surface area contributed by atoms with E-state index in [0.29, 0.717) is 12.8 Å². The molecule has 0 aromatic carbocycles. The fourth-order valence-electron chi connectivity index (χ4n) is 1.99. The van der Waals surface area contributed by atoms with Crippen LogP contribution in [-0.2, 0) is 4.79 Å². The molecule has 0 heterocycles. The third kappa shape index (κ3) is 9.76. The first-order valence-electron chi connectivity index (χ1n) is 6.54. The van der Waals surface area contributed by atoms with Crippen LogP contribution in [-0.4, -0.2) is 36.1 Å². The van der Waals surface area contributed by atoms with Crippen LogP contribution in [0.3, 0.4) is 0 Å². The monoisotopic (exact) mass is 282 g/mol. The quantitative estimate of drug-likeness (QED) is 0.814. The Balaban J connectivity index is 4.48. The van der Waals surface area contributed by atoms with Gasteiger partial charge in [-0.05, 0) is 18.3 Å². The molecule has 0 aliphatic rings. The van der Waals surface area contributed by atoms with Crippen molar-refractivity contribution in [2.45, 2.75) is 59.2 Å². The van der Waals surface area contributed by atoms with Crippen molar-refractivity contribution in [1.82, 2.24) is 4.90 Å². The molecule has 0 saturated heterocycles. The molecule has 6 heteroatoms. The summed E-state index contributed by atoms with van der Waals surface area (Å²) >= 11 is 0. The zero-order valence-electron chi connectivity index (χ0n) is 12.2. The maximum absolute atomic E-state index is 12.4. The molecule has 0 rings (SSSR count). The van der Waals surface area contributed by atoms with E-state index in [0.717, 1.165) is 4.90 Å². The first-order chi connectivity index (χ1) is 8.44. The predicted octanol–water partition coefficient (Wildman–Crippen LogP) is 2.94. The molecule has 0 radical (unpaired) electrons. The van der Waals surface area contributed by atoms with Crippen molar-refractivity contribution in [3.63, 3.8) is 0 Å². The van der Waals surface area contributed by atoms with Gasteiger partial charge in [-0.3, -0.25) is 4.79 Å². The largest absolute Gasteiger partial charge is 0.406 e. The van der Waals surface area contributed by atoms with Crippen LogP contribution >= 0.6 is 0 Å². The molecule has 0 aromatic heterocycles. The molecule has 0 aliphatic heterocycles. The number of nitrogens with two attached hydrogens (primary N) is 1. The summed E-state index contributed by atoms with van der Waals surface area (Å²) in [6, 6.07) is -0.403. The van der Waals surface area contributed by atoms with Crippen LogP contribution in [0.5, 0.6) is 0 Å². The van der Waals surface area contributed by atoms with Crippen LogP contribution in [0, 0.1) is 5.41 Å². The summed E-state index contributed by atoms with van der Waals surface area (Å²) in [4.78, 5) is 12.7. The second kappa shape index (κ2) is 7.12. The lowest BCUT2D eigenvalue weighted by Crippen LogP contribution is -2.42. The predicted molar refractivity (Wildman–Crippen MR) is 69.6 cm³/mol. The fourth-order valence-corrected chi connectivity index (χ4v) is 1.99. The standard InChI is InChI=1S/C13H25F3N2O/c1-5-6-18(9-13(14,15)16)11(19)7-10(17)8-12(2,3)4/h10H,5-9,17H2,1-4H3. The minimum Gasteiger partial charge on any atom is -0.334 e. The van der Waals surface area contributed by atoms with Crippen LogP contribution in [0.1, 0.15) is 47.0 Å². The number of hydrogen-bond acceptors (Lipinski definition) is 2. The summed E-state index contributed by atoms with van der Waals surface area (Å²) in [7, 11) is 0. The smallest absolute Gasteiger partial charge is 0.334 e. The summed E-state index contributed by atoms with van der Waals surface area (Å²) < 4.78 is 37.1. The van der Waals surface area contributed by atoms with Crippen molar-refractivity contribution in [3.8, 4) is 0 Å². The van der Waals surface area contributed by atoms with E-state index >= 15 is 0 Å². The summed E-state index contributed by atoms with van der Waals surface area (Å²) in [6.07, 6.45) is -3.30. The number of rotatable bonds is 6. The van der Waals surface area contributed by atoms with Gasteiger partial charge < -0.3 is 10.6 Å². The average Bonchev–Trinajstić information content (AvgIpc) is 2.11. The van der Waals surface area contributed by atoms with Gasteiger partial charge >= 0.3 is 6.18 Å². The second-order valence-corrected chi connectivity index (χ2v) is 6.16. The van der Waals surface area contributed by atoms with E-state index < -0.39 is 24.7 Å². The van der Waals surface area contributed by atoms with Gasteiger partial charge in [-0.1, -0.05) is 27.7 Å². The van der Waals surface area contributed by atoms with Gasteiger partial charge in [0.1, 0.15) is 6.54 Å². The molecule has 1 unspecified atom stereocenters. The average molecular weight is 282 g/mol. The van der Waals surface area contributed by atoms with Gasteiger partial charge in [0, 0.05) is 19.0 Å². The summed E-state index contributed by atoms with van der Waals surface area (Å²) in [6.45, 7) is 6.61. The van der Waals surface area contributed by atoms with Crippen LogP contribution in [0.2, 0.25) is 0 Å². The molecule has 0 saturated carbocycles. The van der Waals surface area contributed by atoms with E-state index in [1.165, 1.54) is 0 Å². The molecular weight excluding hydrogens is 257 g/mol. The lowest BCUT2D eigenvalue weighted by Gasteiger charge is -2.27. The Bertz CT molecular complexity index is 285. The van der Waals surface area contributed by atoms with Gasteiger partial charge in [0.05, 0.1) is 0 Å². The lowest BCUT2D eigenvalue weighted by atomic mass is 9.87. The minimum atomic E-state index is -4.36. The highest BCUT2D eigenvalue weighted by molar-refractivity contribution is 5.76. The molecule has 0 aromatic rings. The van der Waals surface area contributed by atoms with E-state index in [-0.39, 0.29) is 18.4 Å². The van der Waals surface area contributed by atoms with E-state index in [9.17, 15) is 18.0 Å². The number of nitrogens with zero attached hydrogens (tertiary/aromatic N) is 1. The number of carbonyl (C=O) groups excluding carboxylic acids is 1. The topological polar surface area (TPSA) is 46.3 Å². The molecule has 2 N–H and O–H groups in total. The van der Waals surface area contributed by atoms with Gasteiger partial charge in [-0.15, -0.1) is 0 Å². The Labute approximate surface area is 113 Å². The van der Waals surface area contributed by atoms with Gasteiger partial charge in [-0.2, -0.15) is 13.2 Å². The third-order valence-corrected chi connectivity index (χ3v) is 2.53. The summed E-state index contributed by atoms with van der Waals surface area (Å²) in [5, 5.41) is 0. The Morgan fingerprint density at radius 3 is 2.16 bits per heavy atom. The van der Waals surface area contributed by atoms with Crippen molar-refractivity contribution in [2.75, 3.05) is 13.1 Å². The van der Waals surface area contributed by atoms with Gasteiger partial charge in [0.25, 0.3) is 0 Å². The maximum atomic E-state index is 12.4. The van der Waals surface area contributed by atoms with Gasteiger partial charge in [0.15, 0.2) is 0 Å². The third-order valence-electron chi connectivity index (χ3n) is 2.53. The molecule has 0 fully saturated rings. The molecule has 0 aliphatic carbocycles. The van der Waals surface area contributed by atoms with Crippen molar-refractivity contribution in [1.29, 1.82) is 0 Å². The Kier molecular flexibility index (Phi) is 6.83. The molecule has 0 bridgehead atoms. The van der Waals surface area contributed by atoms with Crippen molar-refractivity contribution >= 4 is 5.91 Å². The molecule has 19 heavy (non-hydrogen) atoms. The first-order valence-corrected chi connectivity index (χ1v) is 6.54. The molecule has 114 valence electrons. The highest BCUT2D eigenvalue weighted by Gasteiger charge is 2.33. The molecule has 0 spiro atoms. The van der Waals surface area contributed by atoms with E-state index in [1.54, 1.807) is 6.92 Å². The highest BCUT2D eigenvalue weighted by atomic mass is 19.4. The summed E-state index contributed by atoms with van der Waals surface area (Å²) in [5.41, 5.74) is 5.79. The number of alkyl halides is 3.